The minimum atomic E-state index is 0.0942. The number of nitrogens with zero attached hydrogens (tertiary/aromatic N) is 1. The molecule has 2 fully saturated rings. The van der Waals surface area contributed by atoms with E-state index >= 15 is 0 Å². The average Bonchev–Trinajstić information content (AvgIpc) is 2.92. The number of carbonyl (C=O) groups excluding carboxylic acids is 1. The number of benzene rings is 1. The molecule has 3 rings (SSSR count). The van der Waals surface area contributed by atoms with Crippen LogP contribution < -0.4 is 10.6 Å². The summed E-state index contributed by atoms with van der Waals surface area (Å²) >= 11 is 0. The van der Waals surface area contributed by atoms with Crippen molar-refractivity contribution in [3.05, 3.63) is 29.8 Å². The van der Waals surface area contributed by atoms with Gasteiger partial charge in [-0.25, -0.2) is 0 Å². The molecule has 2 unspecified atom stereocenters. The van der Waals surface area contributed by atoms with Crippen LogP contribution in [0.25, 0.3) is 0 Å². The molecule has 2 saturated heterocycles. The van der Waals surface area contributed by atoms with Gasteiger partial charge in [0.25, 0.3) is 0 Å². The van der Waals surface area contributed by atoms with Gasteiger partial charge in [-0.05, 0) is 44.0 Å². The lowest BCUT2D eigenvalue weighted by Gasteiger charge is -2.16. The Labute approximate surface area is 114 Å². The van der Waals surface area contributed by atoms with Crippen molar-refractivity contribution in [1.82, 2.24) is 10.2 Å². The van der Waals surface area contributed by atoms with Crippen molar-refractivity contribution >= 4 is 11.6 Å². The van der Waals surface area contributed by atoms with E-state index in [9.17, 15) is 4.79 Å². The van der Waals surface area contributed by atoms with E-state index in [0.717, 1.165) is 43.7 Å². The molecule has 102 valence electrons. The highest BCUT2D eigenvalue weighted by atomic mass is 16.2. The molecule has 0 saturated carbocycles. The highest BCUT2D eigenvalue weighted by Crippen LogP contribution is 2.25. The third-order valence-electron chi connectivity index (χ3n) is 4.17. The van der Waals surface area contributed by atoms with E-state index in [-0.39, 0.29) is 5.91 Å². The van der Waals surface area contributed by atoms with Gasteiger partial charge in [-0.15, -0.1) is 0 Å². The van der Waals surface area contributed by atoms with E-state index in [1.54, 1.807) is 0 Å². The van der Waals surface area contributed by atoms with Crippen LogP contribution in [0.5, 0.6) is 0 Å². The molecular formula is C15H21N3O. The Hall–Kier alpha value is -1.39. The predicted octanol–water partition coefficient (Wildman–Crippen LogP) is 1.08. The quantitative estimate of drug-likeness (QED) is 0.854. The second kappa shape index (κ2) is 5.31. The maximum Gasteiger partial charge on any atom is 0.238 e. The lowest BCUT2D eigenvalue weighted by atomic mass is 10.0. The zero-order chi connectivity index (χ0) is 13.2. The summed E-state index contributed by atoms with van der Waals surface area (Å²) in [5.41, 5.74) is 2.09. The van der Waals surface area contributed by atoms with Crippen molar-refractivity contribution in [2.24, 2.45) is 11.8 Å². The smallest absolute Gasteiger partial charge is 0.238 e. The molecule has 2 aliphatic rings. The number of likely N-dealkylation sites (tertiary alicyclic amines) is 1. The third kappa shape index (κ3) is 2.96. The molecule has 2 atom stereocenters. The van der Waals surface area contributed by atoms with Gasteiger partial charge in [-0.3, -0.25) is 9.69 Å². The molecular weight excluding hydrogens is 238 g/mol. The summed E-state index contributed by atoms with van der Waals surface area (Å²) < 4.78 is 0. The first kappa shape index (κ1) is 12.6. The second-order valence-electron chi connectivity index (χ2n) is 5.79. The van der Waals surface area contributed by atoms with Gasteiger partial charge in [0.05, 0.1) is 6.54 Å². The zero-order valence-corrected chi connectivity index (χ0v) is 11.4. The van der Waals surface area contributed by atoms with Gasteiger partial charge in [0.2, 0.25) is 5.91 Å². The third-order valence-corrected chi connectivity index (χ3v) is 4.17. The van der Waals surface area contributed by atoms with Crippen LogP contribution in [0.15, 0.2) is 24.3 Å². The maximum absolute atomic E-state index is 12.0. The van der Waals surface area contributed by atoms with E-state index in [0.29, 0.717) is 6.54 Å². The van der Waals surface area contributed by atoms with Gasteiger partial charge < -0.3 is 10.6 Å². The topological polar surface area (TPSA) is 44.4 Å². The van der Waals surface area contributed by atoms with Gasteiger partial charge in [0, 0.05) is 18.8 Å². The lowest BCUT2D eigenvalue weighted by Crippen LogP contribution is -2.33. The van der Waals surface area contributed by atoms with Gasteiger partial charge in [-0.2, -0.15) is 0 Å². The molecule has 19 heavy (non-hydrogen) atoms. The summed E-state index contributed by atoms with van der Waals surface area (Å²) in [6, 6.07) is 7.94. The Balaban J connectivity index is 1.50. The summed E-state index contributed by atoms with van der Waals surface area (Å²) in [6.45, 7) is 6.89. The molecule has 0 bridgehead atoms. The van der Waals surface area contributed by atoms with Crippen LogP contribution in [0.4, 0.5) is 5.69 Å². The number of aryl methyl sites for hydroxylation is 1. The van der Waals surface area contributed by atoms with Gasteiger partial charge in [-0.1, -0.05) is 17.7 Å². The van der Waals surface area contributed by atoms with Crippen LogP contribution in [0.3, 0.4) is 0 Å². The minimum absolute atomic E-state index is 0.0942. The predicted molar refractivity (Wildman–Crippen MR) is 76.1 cm³/mol. The number of fused-ring (bicyclic) bond motifs is 1. The molecule has 0 aliphatic carbocycles. The second-order valence-corrected chi connectivity index (χ2v) is 5.79. The highest BCUT2D eigenvalue weighted by molar-refractivity contribution is 5.92. The monoisotopic (exact) mass is 259 g/mol. The Bertz CT molecular complexity index is 445. The molecule has 0 spiro atoms. The van der Waals surface area contributed by atoms with Crippen LogP contribution >= 0.6 is 0 Å². The van der Waals surface area contributed by atoms with E-state index < -0.39 is 0 Å². The first-order valence-corrected chi connectivity index (χ1v) is 7.00. The molecule has 1 aromatic rings. The largest absolute Gasteiger partial charge is 0.325 e. The number of hydrogen-bond acceptors (Lipinski definition) is 3. The summed E-state index contributed by atoms with van der Waals surface area (Å²) in [7, 11) is 0. The summed E-state index contributed by atoms with van der Waals surface area (Å²) in [4.78, 5) is 14.3. The van der Waals surface area contributed by atoms with Gasteiger partial charge in [0.15, 0.2) is 0 Å². The van der Waals surface area contributed by atoms with Crippen molar-refractivity contribution in [2.75, 3.05) is 38.0 Å². The number of rotatable bonds is 3. The number of carbonyl (C=O) groups is 1. The number of amides is 1. The average molecular weight is 259 g/mol. The van der Waals surface area contributed by atoms with E-state index in [1.165, 1.54) is 5.56 Å². The van der Waals surface area contributed by atoms with Crippen molar-refractivity contribution in [3.63, 3.8) is 0 Å². The lowest BCUT2D eigenvalue weighted by molar-refractivity contribution is -0.117. The summed E-state index contributed by atoms with van der Waals surface area (Å²) in [6.07, 6.45) is 0. The van der Waals surface area contributed by atoms with Crippen molar-refractivity contribution in [3.8, 4) is 0 Å². The van der Waals surface area contributed by atoms with Crippen LogP contribution in [0, 0.1) is 18.8 Å². The van der Waals surface area contributed by atoms with Crippen LogP contribution in [-0.4, -0.2) is 43.5 Å². The molecule has 1 aromatic carbocycles. The summed E-state index contributed by atoms with van der Waals surface area (Å²) in [5, 5.41) is 6.38. The van der Waals surface area contributed by atoms with Crippen LogP contribution in [0.2, 0.25) is 0 Å². The fraction of sp³-hybridized carbons (Fsp3) is 0.533. The van der Waals surface area contributed by atoms with Crippen LogP contribution in [0.1, 0.15) is 5.56 Å². The van der Waals surface area contributed by atoms with Gasteiger partial charge >= 0.3 is 0 Å². The Morgan fingerprint density at radius 2 is 1.89 bits per heavy atom. The molecule has 2 aliphatic heterocycles. The summed E-state index contributed by atoms with van der Waals surface area (Å²) in [5.74, 6) is 1.58. The normalized spacial score (nSPS) is 26.4. The van der Waals surface area contributed by atoms with E-state index in [2.05, 4.69) is 15.5 Å². The zero-order valence-electron chi connectivity index (χ0n) is 11.4. The highest BCUT2D eigenvalue weighted by Gasteiger charge is 2.36. The number of anilines is 1. The Morgan fingerprint density at radius 1 is 1.26 bits per heavy atom. The molecule has 1 amide bonds. The van der Waals surface area contributed by atoms with Crippen LogP contribution in [-0.2, 0) is 4.79 Å². The fourth-order valence-corrected chi connectivity index (χ4v) is 3.12. The minimum Gasteiger partial charge on any atom is -0.325 e. The van der Waals surface area contributed by atoms with E-state index in [4.69, 9.17) is 0 Å². The van der Waals surface area contributed by atoms with Gasteiger partial charge in [0.1, 0.15) is 0 Å². The molecule has 0 aromatic heterocycles. The standard InChI is InChI=1S/C15H21N3O/c1-11-2-4-14(5-3-11)17-15(19)10-18-8-12-6-16-7-13(12)9-18/h2-5,12-13,16H,6-10H2,1H3,(H,17,19). The number of hydrogen-bond donors (Lipinski definition) is 2. The SMILES string of the molecule is Cc1ccc(NC(=O)CN2CC3CNCC3C2)cc1. The first-order valence-electron chi connectivity index (χ1n) is 7.00. The molecule has 4 nitrogen and oxygen atoms in total. The molecule has 4 heteroatoms. The molecule has 0 radical (unpaired) electrons. The van der Waals surface area contributed by atoms with E-state index in [1.807, 2.05) is 31.2 Å². The molecule has 2 heterocycles. The Kier molecular flexibility index (Phi) is 3.53. The van der Waals surface area contributed by atoms with Crippen molar-refractivity contribution < 1.29 is 4.79 Å². The molecule has 2 N–H and O–H groups in total. The first-order chi connectivity index (χ1) is 9.20. The number of nitrogens with one attached hydrogen (secondary N) is 2. The fourth-order valence-electron chi connectivity index (χ4n) is 3.12. The van der Waals surface area contributed by atoms with Crippen molar-refractivity contribution in [1.29, 1.82) is 0 Å². The maximum atomic E-state index is 12.0. The van der Waals surface area contributed by atoms with Crippen molar-refractivity contribution in [2.45, 2.75) is 6.92 Å². The Morgan fingerprint density at radius 3 is 2.53 bits per heavy atom.